The van der Waals surface area contributed by atoms with E-state index in [1.54, 1.807) is 0 Å². The van der Waals surface area contributed by atoms with Crippen molar-refractivity contribution in [3.63, 3.8) is 0 Å². The summed E-state index contributed by atoms with van der Waals surface area (Å²) in [6, 6.07) is 57.3. The lowest BCUT2D eigenvalue weighted by atomic mass is 9.76. The summed E-state index contributed by atoms with van der Waals surface area (Å²) in [5.41, 5.74) is 23.7. The minimum Gasteiger partial charge on any atom is -0.135 e. The zero-order valence-corrected chi connectivity index (χ0v) is 37.4. The standard InChI is InChI=1S/C64H46S/c1-39-10-31-53(52-33-26-49-27-35-55(57(32-11-39)62(49)40(52)2)51-30-37-61-59(38-51)56-8-3-4-9-60(56)65-61)45-20-16-43(17-21-45)41-12-14-42(15-13-41)44-18-22-46(23-19-44)54-34-28-50-25-24-47-6-5-7-48-29-36-58(54)64(50)63(47)48/h3-5,7-24,26-40H,6,25H2,1-2H3/b31-10-,32-11?,53-52+. The molecule has 1 heteroatoms. The Morgan fingerprint density at radius 2 is 1.14 bits per heavy atom. The van der Waals surface area contributed by atoms with Crippen molar-refractivity contribution < 1.29 is 0 Å². The Hall–Kier alpha value is -7.32. The molecular formula is C64H46S. The molecule has 0 amide bonds. The van der Waals surface area contributed by atoms with Crippen LogP contribution in [0.4, 0.5) is 0 Å². The highest BCUT2D eigenvalue weighted by Gasteiger charge is 2.26. The van der Waals surface area contributed by atoms with Crippen molar-refractivity contribution in [1.82, 2.24) is 0 Å². The number of rotatable bonds is 5. The van der Waals surface area contributed by atoms with Crippen LogP contribution in [0.5, 0.6) is 0 Å². The lowest BCUT2D eigenvalue weighted by Gasteiger charge is -2.28. The first-order valence-corrected chi connectivity index (χ1v) is 24.0. The largest absolute Gasteiger partial charge is 0.135 e. The quantitative estimate of drug-likeness (QED) is 0.162. The van der Waals surface area contributed by atoms with Gasteiger partial charge in [-0.25, -0.2) is 0 Å². The monoisotopic (exact) mass is 846 g/mol. The van der Waals surface area contributed by atoms with Crippen LogP contribution in [0.1, 0.15) is 65.1 Å². The van der Waals surface area contributed by atoms with Crippen molar-refractivity contribution in [2.45, 2.75) is 32.6 Å². The van der Waals surface area contributed by atoms with Crippen molar-refractivity contribution in [2.75, 3.05) is 0 Å². The third-order valence-corrected chi connectivity index (χ3v) is 15.7. The summed E-state index contributed by atoms with van der Waals surface area (Å²) in [6.45, 7) is 4.69. The Morgan fingerprint density at radius 3 is 1.92 bits per heavy atom. The molecular weight excluding hydrogens is 801 g/mol. The molecule has 8 aromatic carbocycles. The minimum atomic E-state index is 0.220. The third kappa shape index (κ3) is 6.33. The lowest BCUT2D eigenvalue weighted by Crippen LogP contribution is -2.09. The zero-order valence-electron chi connectivity index (χ0n) is 36.6. The SMILES string of the molecule is CC1C=Cc2c(-c3ccc4sc5ccccc5c4c3)ccc3c2C(C)/C(=C(c2ccc(-c4ccc(-c5ccc(-c6ccc7c8c9c(ccc68)C=CCC9=CC7)cc5)cc4)cc2)\C=C/1)C=C3. The number of hydrogen-bond donors (Lipinski definition) is 0. The second-order valence-corrected chi connectivity index (χ2v) is 19.4. The van der Waals surface area contributed by atoms with Gasteiger partial charge in [0.25, 0.3) is 0 Å². The van der Waals surface area contributed by atoms with Crippen molar-refractivity contribution >= 4 is 71.7 Å². The fourth-order valence-electron chi connectivity index (χ4n) is 11.1. The molecule has 0 nitrogen and oxygen atoms in total. The molecule has 0 N–H and O–H groups in total. The average Bonchev–Trinajstić information content (AvgIpc) is 3.73. The molecule has 308 valence electrons. The Balaban J connectivity index is 0.791. The summed E-state index contributed by atoms with van der Waals surface area (Å²) in [4.78, 5) is 0. The number of benzene rings is 8. The van der Waals surface area contributed by atoms with E-state index < -0.39 is 0 Å². The molecule has 2 unspecified atom stereocenters. The van der Waals surface area contributed by atoms with Gasteiger partial charge in [-0.05, 0) is 148 Å². The molecule has 4 aliphatic carbocycles. The molecule has 0 aliphatic heterocycles. The smallest absolute Gasteiger partial charge is 0.0355 e. The Bertz CT molecular complexity index is 3630. The van der Waals surface area contributed by atoms with Crippen molar-refractivity contribution in [2.24, 2.45) is 5.92 Å². The van der Waals surface area contributed by atoms with E-state index in [1.807, 2.05) is 11.3 Å². The number of fused-ring (bicyclic) bond motifs is 4. The second kappa shape index (κ2) is 15.2. The normalized spacial score (nSPS) is 18.6. The predicted molar refractivity (Wildman–Crippen MR) is 282 cm³/mol. The summed E-state index contributed by atoms with van der Waals surface area (Å²) in [6.07, 6.45) is 23.3. The van der Waals surface area contributed by atoms with Crippen LogP contribution in [0.15, 0.2) is 194 Å². The fourth-order valence-corrected chi connectivity index (χ4v) is 12.2. The molecule has 0 radical (unpaired) electrons. The first kappa shape index (κ1) is 38.2. The van der Waals surface area contributed by atoms with E-state index in [2.05, 4.69) is 220 Å². The molecule has 1 heterocycles. The summed E-state index contributed by atoms with van der Waals surface area (Å²) in [5, 5.41) is 5.49. The summed E-state index contributed by atoms with van der Waals surface area (Å²) in [7, 11) is 0. The molecule has 2 atom stereocenters. The number of thiophene rings is 1. The van der Waals surface area contributed by atoms with Gasteiger partial charge in [0, 0.05) is 26.1 Å². The van der Waals surface area contributed by atoms with Crippen LogP contribution < -0.4 is 0 Å². The van der Waals surface area contributed by atoms with Crippen LogP contribution in [-0.2, 0) is 6.42 Å². The number of allylic oxidation sites excluding steroid dienone is 9. The van der Waals surface area contributed by atoms with E-state index in [0.717, 1.165) is 12.8 Å². The summed E-state index contributed by atoms with van der Waals surface area (Å²) in [5.74, 6) is 0.498. The molecule has 1 aromatic heterocycles. The molecule has 9 aromatic rings. The van der Waals surface area contributed by atoms with Gasteiger partial charge >= 0.3 is 0 Å². The van der Waals surface area contributed by atoms with Gasteiger partial charge in [-0.15, -0.1) is 11.3 Å². The summed E-state index contributed by atoms with van der Waals surface area (Å²) >= 11 is 1.88. The van der Waals surface area contributed by atoms with Gasteiger partial charge in [0.15, 0.2) is 0 Å². The molecule has 0 saturated heterocycles. The highest BCUT2D eigenvalue weighted by molar-refractivity contribution is 7.25. The van der Waals surface area contributed by atoms with Gasteiger partial charge in [-0.2, -0.15) is 0 Å². The van der Waals surface area contributed by atoms with Crippen molar-refractivity contribution in [3.05, 3.63) is 233 Å². The molecule has 13 rings (SSSR count). The second-order valence-electron chi connectivity index (χ2n) is 18.3. The molecule has 0 saturated carbocycles. The molecule has 2 bridgehead atoms. The first-order valence-electron chi connectivity index (χ1n) is 23.2. The fraction of sp³-hybridized carbons (Fsp3) is 0.0938. The van der Waals surface area contributed by atoms with E-state index >= 15 is 0 Å². The molecule has 0 spiro atoms. The Kier molecular flexibility index (Phi) is 8.90. The van der Waals surface area contributed by atoms with Crippen molar-refractivity contribution in [3.8, 4) is 44.5 Å². The van der Waals surface area contributed by atoms with Crippen LogP contribution in [0, 0.1) is 5.92 Å². The van der Waals surface area contributed by atoms with Crippen LogP contribution in [-0.4, -0.2) is 0 Å². The summed E-state index contributed by atoms with van der Waals surface area (Å²) < 4.78 is 2.68. The average molecular weight is 847 g/mol. The first-order chi connectivity index (χ1) is 32.0. The molecule has 0 fully saturated rings. The molecule has 65 heavy (non-hydrogen) atoms. The van der Waals surface area contributed by atoms with Gasteiger partial charge in [-0.3, -0.25) is 0 Å². The maximum absolute atomic E-state index is 2.43. The predicted octanol–water partition coefficient (Wildman–Crippen LogP) is 18.0. The third-order valence-electron chi connectivity index (χ3n) is 14.6. The van der Waals surface area contributed by atoms with Crippen LogP contribution in [0.25, 0.3) is 105 Å². The lowest BCUT2D eigenvalue weighted by molar-refractivity contribution is 0.904. The van der Waals surface area contributed by atoms with Gasteiger partial charge < -0.3 is 0 Å². The maximum Gasteiger partial charge on any atom is 0.0355 e. The minimum absolute atomic E-state index is 0.220. The highest BCUT2D eigenvalue weighted by atomic mass is 32.1. The van der Waals surface area contributed by atoms with Crippen LogP contribution in [0.2, 0.25) is 0 Å². The van der Waals surface area contributed by atoms with E-state index in [4.69, 9.17) is 0 Å². The highest BCUT2D eigenvalue weighted by Crippen LogP contribution is 2.47. The van der Waals surface area contributed by atoms with Gasteiger partial charge in [0.05, 0.1) is 0 Å². The van der Waals surface area contributed by atoms with Gasteiger partial charge in [-0.1, -0.05) is 202 Å². The Labute approximate surface area is 385 Å². The van der Waals surface area contributed by atoms with E-state index in [9.17, 15) is 0 Å². The molecule has 4 aliphatic rings. The van der Waals surface area contributed by atoms with E-state index in [0.29, 0.717) is 0 Å². The van der Waals surface area contributed by atoms with Gasteiger partial charge in [0.1, 0.15) is 0 Å². The topological polar surface area (TPSA) is 0 Å². The van der Waals surface area contributed by atoms with Crippen LogP contribution >= 0.6 is 11.3 Å². The number of hydrogen-bond acceptors (Lipinski definition) is 1. The van der Waals surface area contributed by atoms with Crippen molar-refractivity contribution in [1.29, 1.82) is 0 Å². The van der Waals surface area contributed by atoms with E-state index in [-0.39, 0.29) is 11.8 Å². The Morgan fingerprint density at radius 1 is 0.477 bits per heavy atom. The maximum atomic E-state index is 2.43. The van der Waals surface area contributed by atoms with E-state index in [1.165, 1.54) is 131 Å². The zero-order chi connectivity index (χ0) is 43.2. The van der Waals surface area contributed by atoms with Gasteiger partial charge in [0.2, 0.25) is 0 Å². The van der Waals surface area contributed by atoms with Crippen LogP contribution in [0.3, 0.4) is 0 Å².